The molecule has 0 fully saturated rings. The number of aromatic amines is 1. The number of anilines is 1. The van der Waals surface area contributed by atoms with Gasteiger partial charge in [0.2, 0.25) is 17.1 Å². The number of nitrogens with two attached hydrogens (primary N) is 1. The standard InChI is InChI=1S/C18H15F3N2O5S/c1-26-9-4-7(5-10(27-2)15(9)28-3)14(25)16-13(22)12-8(18(19,20)21)6-11(24)23-17(12)29-16/h4-6H,22H2,1-3H3,(H,23,24). The van der Waals surface area contributed by atoms with E-state index in [2.05, 4.69) is 4.98 Å². The third-order valence-electron chi connectivity index (χ3n) is 4.17. The number of nitrogens with one attached hydrogen (secondary N) is 1. The molecule has 0 unspecified atom stereocenters. The lowest BCUT2D eigenvalue weighted by Crippen LogP contribution is -2.13. The second-order valence-electron chi connectivity index (χ2n) is 5.84. The number of ketones is 1. The molecule has 2 heterocycles. The number of methoxy groups -OCH3 is 3. The lowest BCUT2D eigenvalue weighted by molar-refractivity contribution is -0.136. The van der Waals surface area contributed by atoms with Gasteiger partial charge in [0, 0.05) is 17.0 Å². The van der Waals surface area contributed by atoms with Crippen LogP contribution in [0.3, 0.4) is 0 Å². The van der Waals surface area contributed by atoms with Gasteiger partial charge >= 0.3 is 6.18 Å². The second-order valence-corrected chi connectivity index (χ2v) is 6.86. The predicted octanol–water partition coefficient (Wildman–Crippen LogP) is 3.45. The van der Waals surface area contributed by atoms with E-state index in [0.29, 0.717) is 17.4 Å². The lowest BCUT2D eigenvalue weighted by Gasteiger charge is -2.13. The summed E-state index contributed by atoms with van der Waals surface area (Å²) >= 11 is 0.665. The van der Waals surface area contributed by atoms with Crippen LogP contribution >= 0.6 is 11.3 Å². The first kappa shape index (κ1) is 20.5. The highest BCUT2D eigenvalue weighted by molar-refractivity contribution is 7.21. The highest BCUT2D eigenvalue weighted by Crippen LogP contribution is 2.43. The Bertz CT molecular complexity index is 1140. The minimum atomic E-state index is -4.81. The minimum absolute atomic E-state index is 0.0636. The van der Waals surface area contributed by atoms with Crippen molar-refractivity contribution >= 4 is 33.0 Å². The van der Waals surface area contributed by atoms with Crippen LogP contribution in [-0.2, 0) is 6.18 Å². The molecule has 0 atom stereocenters. The van der Waals surface area contributed by atoms with Crippen molar-refractivity contribution in [2.24, 2.45) is 0 Å². The Morgan fingerprint density at radius 2 is 1.66 bits per heavy atom. The maximum Gasteiger partial charge on any atom is 0.417 e. The molecule has 0 amide bonds. The number of H-pyrrole nitrogens is 1. The first-order chi connectivity index (χ1) is 13.6. The van der Waals surface area contributed by atoms with Crippen LogP contribution < -0.4 is 25.5 Å². The first-order valence-electron chi connectivity index (χ1n) is 7.99. The van der Waals surface area contributed by atoms with E-state index >= 15 is 0 Å². The molecule has 0 spiro atoms. The number of hydrogen-bond donors (Lipinski definition) is 2. The number of halogens is 3. The summed E-state index contributed by atoms with van der Waals surface area (Å²) in [5.41, 5.74) is 3.45. The van der Waals surface area contributed by atoms with Crippen LogP contribution in [0.1, 0.15) is 20.8 Å². The maximum absolute atomic E-state index is 13.4. The fraction of sp³-hybridized carbons (Fsp3) is 0.222. The van der Waals surface area contributed by atoms with Crippen molar-refractivity contribution in [3.05, 3.63) is 44.6 Å². The number of rotatable bonds is 5. The van der Waals surface area contributed by atoms with E-state index in [0.717, 1.165) is 0 Å². The quantitative estimate of drug-likeness (QED) is 0.604. The van der Waals surface area contributed by atoms with Gasteiger partial charge in [-0.3, -0.25) is 9.59 Å². The molecule has 0 aliphatic carbocycles. The minimum Gasteiger partial charge on any atom is -0.493 e. The number of pyridine rings is 1. The summed E-state index contributed by atoms with van der Waals surface area (Å²) in [6, 6.07) is 3.14. The topological polar surface area (TPSA) is 104 Å². The van der Waals surface area contributed by atoms with Crippen LogP contribution in [0.15, 0.2) is 23.0 Å². The van der Waals surface area contributed by atoms with Gasteiger partial charge in [0.05, 0.1) is 32.6 Å². The van der Waals surface area contributed by atoms with E-state index < -0.39 is 28.5 Å². The third-order valence-corrected chi connectivity index (χ3v) is 5.28. The van der Waals surface area contributed by atoms with Crippen molar-refractivity contribution in [2.75, 3.05) is 27.1 Å². The van der Waals surface area contributed by atoms with Gasteiger partial charge in [-0.1, -0.05) is 0 Å². The number of carbonyl (C=O) groups is 1. The molecule has 3 N–H and O–H groups in total. The average Bonchev–Trinajstić information content (AvgIpc) is 3.00. The first-order valence-corrected chi connectivity index (χ1v) is 8.81. The van der Waals surface area contributed by atoms with Gasteiger partial charge in [-0.25, -0.2) is 0 Å². The molecule has 154 valence electrons. The van der Waals surface area contributed by atoms with Gasteiger partial charge in [0.1, 0.15) is 9.71 Å². The van der Waals surface area contributed by atoms with E-state index in [1.54, 1.807) is 0 Å². The molecule has 3 rings (SSSR count). The normalized spacial score (nSPS) is 11.5. The van der Waals surface area contributed by atoms with E-state index in [1.807, 2.05) is 0 Å². The van der Waals surface area contributed by atoms with Crippen LogP contribution in [-0.4, -0.2) is 32.1 Å². The van der Waals surface area contributed by atoms with Crippen molar-refractivity contribution in [2.45, 2.75) is 6.18 Å². The zero-order valence-corrected chi connectivity index (χ0v) is 16.2. The molecule has 29 heavy (non-hydrogen) atoms. The number of hydrogen-bond acceptors (Lipinski definition) is 7. The fourth-order valence-corrected chi connectivity index (χ4v) is 3.99. The summed E-state index contributed by atoms with van der Waals surface area (Å²) in [5, 5.41) is -0.419. The molecule has 7 nitrogen and oxygen atoms in total. The summed E-state index contributed by atoms with van der Waals surface area (Å²) in [5.74, 6) is -0.0185. The van der Waals surface area contributed by atoms with Gasteiger partial charge < -0.3 is 24.9 Å². The molecule has 0 radical (unpaired) electrons. The largest absolute Gasteiger partial charge is 0.493 e. The number of benzene rings is 1. The van der Waals surface area contributed by atoms with Crippen molar-refractivity contribution in [1.82, 2.24) is 4.98 Å². The third kappa shape index (κ3) is 3.48. The predicted molar refractivity (Wildman–Crippen MR) is 101 cm³/mol. The Hall–Kier alpha value is -3.21. The number of aromatic nitrogens is 1. The molecule has 0 saturated heterocycles. The molecule has 11 heteroatoms. The van der Waals surface area contributed by atoms with E-state index in [-0.39, 0.29) is 38.2 Å². The van der Waals surface area contributed by atoms with E-state index in [4.69, 9.17) is 19.9 Å². The maximum atomic E-state index is 13.4. The summed E-state index contributed by atoms with van der Waals surface area (Å²) in [6.07, 6.45) is -4.81. The van der Waals surface area contributed by atoms with E-state index in [9.17, 15) is 22.8 Å². The van der Waals surface area contributed by atoms with Gasteiger partial charge in [0.25, 0.3) is 0 Å². The van der Waals surface area contributed by atoms with Gasteiger partial charge in [-0.15, -0.1) is 11.3 Å². The smallest absolute Gasteiger partial charge is 0.417 e. The van der Waals surface area contributed by atoms with Gasteiger partial charge in [-0.2, -0.15) is 13.2 Å². The Morgan fingerprint density at radius 3 is 2.14 bits per heavy atom. The molecule has 0 aliphatic rings. The Balaban J connectivity index is 2.23. The van der Waals surface area contributed by atoms with Crippen molar-refractivity contribution in [1.29, 1.82) is 0 Å². The Kier molecular flexibility index (Phi) is 5.18. The second kappa shape index (κ2) is 7.32. The fourth-order valence-electron chi connectivity index (χ4n) is 2.89. The van der Waals surface area contributed by atoms with Crippen molar-refractivity contribution < 1.29 is 32.2 Å². The van der Waals surface area contributed by atoms with Gasteiger partial charge in [0.15, 0.2) is 11.5 Å². The van der Waals surface area contributed by atoms with Crippen LogP contribution in [0.4, 0.5) is 18.9 Å². The van der Waals surface area contributed by atoms with Crippen LogP contribution in [0.25, 0.3) is 10.2 Å². The Morgan fingerprint density at radius 1 is 1.07 bits per heavy atom. The molecule has 2 aromatic heterocycles. The number of ether oxygens (including phenoxy) is 3. The molecular weight excluding hydrogens is 413 g/mol. The number of carbonyl (C=O) groups excluding carboxylic acids is 1. The molecule has 1 aromatic carbocycles. The highest BCUT2D eigenvalue weighted by Gasteiger charge is 2.36. The van der Waals surface area contributed by atoms with E-state index in [1.165, 1.54) is 33.5 Å². The molecule has 3 aromatic rings. The van der Waals surface area contributed by atoms with Crippen molar-refractivity contribution in [3.63, 3.8) is 0 Å². The molecule has 0 saturated carbocycles. The number of alkyl halides is 3. The van der Waals surface area contributed by atoms with Gasteiger partial charge in [-0.05, 0) is 12.1 Å². The zero-order chi connectivity index (χ0) is 21.5. The molecule has 0 aliphatic heterocycles. The number of nitrogen functional groups attached to an aromatic ring is 1. The SMILES string of the molecule is COc1cc(C(=O)c2sc3[nH]c(=O)cc(C(F)(F)F)c3c2N)cc(OC)c1OC. The summed E-state index contributed by atoms with van der Waals surface area (Å²) in [6.45, 7) is 0. The monoisotopic (exact) mass is 428 g/mol. The summed E-state index contributed by atoms with van der Waals surface area (Å²) in [4.78, 5) is 26.7. The van der Waals surface area contributed by atoms with Crippen LogP contribution in [0.5, 0.6) is 17.2 Å². The number of fused-ring (bicyclic) bond motifs is 1. The van der Waals surface area contributed by atoms with Crippen molar-refractivity contribution in [3.8, 4) is 17.2 Å². The van der Waals surface area contributed by atoms with Crippen LogP contribution in [0.2, 0.25) is 0 Å². The Labute approximate surface area is 165 Å². The highest BCUT2D eigenvalue weighted by atomic mass is 32.1. The van der Waals surface area contributed by atoms with Crippen LogP contribution in [0, 0.1) is 0 Å². The molecular formula is C18H15F3N2O5S. The summed E-state index contributed by atoms with van der Waals surface area (Å²) in [7, 11) is 4.11. The number of thiophene rings is 1. The molecule has 0 bridgehead atoms. The average molecular weight is 428 g/mol. The zero-order valence-electron chi connectivity index (χ0n) is 15.4. The summed E-state index contributed by atoms with van der Waals surface area (Å²) < 4.78 is 55.6. The lowest BCUT2D eigenvalue weighted by atomic mass is 10.1.